The first-order chi connectivity index (χ1) is 13.3. The molecule has 0 unspecified atom stereocenters. The van der Waals surface area contributed by atoms with E-state index in [1.165, 1.54) is 11.1 Å². The zero-order chi connectivity index (χ0) is 20.3. The zero-order valence-corrected chi connectivity index (χ0v) is 17.1. The number of rotatable bonds is 3. The molecular weight excluding hydrogens is 350 g/mol. The monoisotopic (exact) mass is 379 g/mol. The third-order valence-electron chi connectivity index (χ3n) is 5.14. The molecule has 2 N–H and O–H groups in total. The molecule has 3 amide bonds. The average Bonchev–Trinajstić information content (AvgIpc) is 2.66. The van der Waals surface area contributed by atoms with Crippen LogP contribution in [0.1, 0.15) is 50.8 Å². The van der Waals surface area contributed by atoms with Gasteiger partial charge in [-0.15, -0.1) is 0 Å². The minimum atomic E-state index is -0.277. The van der Waals surface area contributed by atoms with Gasteiger partial charge in [-0.1, -0.05) is 45.9 Å². The molecule has 0 bridgehead atoms. The lowest BCUT2D eigenvalue weighted by molar-refractivity contribution is -0.131. The van der Waals surface area contributed by atoms with Crippen LogP contribution >= 0.6 is 0 Å². The van der Waals surface area contributed by atoms with Crippen molar-refractivity contribution in [2.75, 3.05) is 17.2 Å². The fraction of sp³-hybridized carbons (Fsp3) is 0.391. The molecule has 0 saturated carbocycles. The molecule has 0 atom stereocenters. The maximum Gasteiger partial charge on any atom is 0.323 e. The maximum atomic E-state index is 12.4. The van der Waals surface area contributed by atoms with Gasteiger partial charge in [0.25, 0.3) is 0 Å². The highest BCUT2D eigenvalue weighted by Crippen LogP contribution is 2.25. The Morgan fingerprint density at radius 2 is 1.61 bits per heavy atom. The number of nitrogens with zero attached hydrogens (tertiary/aromatic N) is 1. The highest BCUT2D eigenvalue weighted by atomic mass is 16.2. The van der Waals surface area contributed by atoms with E-state index in [-0.39, 0.29) is 17.4 Å². The number of carbonyl (C=O) groups excluding carboxylic acids is 2. The number of fused-ring (bicyclic) bond motifs is 1. The van der Waals surface area contributed by atoms with Crippen LogP contribution in [0.2, 0.25) is 0 Å². The predicted molar refractivity (Wildman–Crippen MR) is 114 cm³/mol. The molecule has 0 radical (unpaired) electrons. The number of urea groups is 1. The summed E-state index contributed by atoms with van der Waals surface area (Å²) in [7, 11) is 0. The molecule has 5 nitrogen and oxygen atoms in total. The second-order valence-corrected chi connectivity index (χ2v) is 8.31. The molecule has 1 heterocycles. The van der Waals surface area contributed by atoms with Crippen LogP contribution in [-0.4, -0.2) is 23.4 Å². The van der Waals surface area contributed by atoms with E-state index >= 15 is 0 Å². The summed E-state index contributed by atoms with van der Waals surface area (Å²) in [5.74, 6) is 0.167. The van der Waals surface area contributed by atoms with Crippen molar-refractivity contribution in [3.05, 3.63) is 59.2 Å². The van der Waals surface area contributed by atoms with Crippen LogP contribution in [0, 0.1) is 0 Å². The van der Waals surface area contributed by atoms with Crippen molar-refractivity contribution >= 4 is 23.3 Å². The summed E-state index contributed by atoms with van der Waals surface area (Å²) >= 11 is 0. The first-order valence-corrected chi connectivity index (χ1v) is 9.84. The molecule has 2 aromatic rings. The fourth-order valence-corrected chi connectivity index (χ4v) is 3.42. The van der Waals surface area contributed by atoms with Crippen molar-refractivity contribution in [2.45, 2.75) is 52.5 Å². The molecule has 148 valence electrons. The Bertz CT molecular complexity index is 866. The van der Waals surface area contributed by atoms with Gasteiger partial charge in [-0.3, -0.25) is 4.79 Å². The summed E-state index contributed by atoms with van der Waals surface area (Å²) in [6.07, 6.45) is 1.37. The molecule has 2 aromatic carbocycles. The number of nitrogens with one attached hydrogen (secondary N) is 2. The summed E-state index contributed by atoms with van der Waals surface area (Å²) in [4.78, 5) is 26.2. The third-order valence-corrected chi connectivity index (χ3v) is 5.14. The van der Waals surface area contributed by atoms with E-state index in [9.17, 15) is 9.59 Å². The molecule has 1 aliphatic heterocycles. The van der Waals surface area contributed by atoms with Crippen molar-refractivity contribution in [3.63, 3.8) is 0 Å². The van der Waals surface area contributed by atoms with E-state index in [0.717, 1.165) is 29.9 Å². The Morgan fingerprint density at radius 1 is 0.964 bits per heavy atom. The standard InChI is InChI=1S/C23H29N3O2/c1-5-21(27)26-13-12-16-6-9-20(14-17(16)15-26)25-22(28)24-19-10-7-18(8-11-19)23(2,3)4/h6-11,14H,5,12-13,15H2,1-4H3,(H2,24,25,28). The van der Waals surface area contributed by atoms with Gasteiger partial charge in [0.2, 0.25) is 5.91 Å². The summed E-state index contributed by atoms with van der Waals surface area (Å²) in [6.45, 7) is 9.73. The zero-order valence-electron chi connectivity index (χ0n) is 17.1. The van der Waals surface area contributed by atoms with Crippen LogP contribution in [0.4, 0.5) is 16.2 Å². The van der Waals surface area contributed by atoms with Crippen LogP contribution in [0.15, 0.2) is 42.5 Å². The molecule has 3 rings (SSSR count). The van der Waals surface area contributed by atoms with Crippen LogP contribution in [0.5, 0.6) is 0 Å². The van der Waals surface area contributed by atoms with Gasteiger partial charge in [-0.25, -0.2) is 4.79 Å². The largest absolute Gasteiger partial charge is 0.338 e. The number of benzene rings is 2. The molecule has 0 spiro atoms. The van der Waals surface area contributed by atoms with Crippen molar-refractivity contribution in [1.82, 2.24) is 4.90 Å². The van der Waals surface area contributed by atoms with Crippen LogP contribution in [0.3, 0.4) is 0 Å². The maximum absolute atomic E-state index is 12.4. The normalized spacial score (nSPS) is 13.6. The van der Waals surface area contributed by atoms with E-state index in [4.69, 9.17) is 0 Å². The van der Waals surface area contributed by atoms with Crippen molar-refractivity contribution in [1.29, 1.82) is 0 Å². The van der Waals surface area contributed by atoms with Crippen molar-refractivity contribution in [3.8, 4) is 0 Å². The molecule has 28 heavy (non-hydrogen) atoms. The van der Waals surface area contributed by atoms with Crippen LogP contribution in [0.25, 0.3) is 0 Å². The van der Waals surface area contributed by atoms with E-state index in [0.29, 0.717) is 13.0 Å². The van der Waals surface area contributed by atoms with E-state index < -0.39 is 0 Å². The van der Waals surface area contributed by atoms with Crippen LogP contribution < -0.4 is 10.6 Å². The fourth-order valence-electron chi connectivity index (χ4n) is 3.42. The van der Waals surface area contributed by atoms with Crippen LogP contribution in [-0.2, 0) is 23.2 Å². The lowest BCUT2D eigenvalue weighted by Gasteiger charge is -2.29. The molecule has 5 heteroatoms. The Kier molecular flexibility index (Phi) is 5.73. The number of carbonyl (C=O) groups is 2. The smallest absolute Gasteiger partial charge is 0.323 e. The molecule has 0 fully saturated rings. The molecular formula is C23H29N3O2. The van der Waals surface area contributed by atoms with Gasteiger partial charge in [0.05, 0.1) is 0 Å². The number of hydrogen-bond donors (Lipinski definition) is 2. The molecule has 0 saturated heterocycles. The lowest BCUT2D eigenvalue weighted by atomic mass is 9.87. The SMILES string of the molecule is CCC(=O)N1CCc2ccc(NC(=O)Nc3ccc(C(C)(C)C)cc3)cc2C1. The molecule has 0 aromatic heterocycles. The highest BCUT2D eigenvalue weighted by Gasteiger charge is 2.20. The van der Waals surface area contributed by atoms with Gasteiger partial charge < -0.3 is 15.5 Å². The van der Waals surface area contributed by atoms with Crippen molar-refractivity contribution in [2.24, 2.45) is 0 Å². The van der Waals surface area contributed by atoms with E-state index in [1.54, 1.807) is 0 Å². The molecule has 1 aliphatic rings. The highest BCUT2D eigenvalue weighted by molar-refractivity contribution is 5.99. The van der Waals surface area contributed by atoms with Gasteiger partial charge in [-0.05, 0) is 52.8 Å². The molecule has 0 aliphatic carbocycles. The van der Waals surface area contributed by atoms with Gasteiger partial charge in [0.1, 0.15) is 0 Å². The topological polar surface area (TPSA) is 61.4 Å². The first kappa shape index (κ1) is 19.9. The van der Waals surface area contributed by atoms with E-state index in [1.807, 2.05) is 54.3 Å². The lowest BCUT2D eigenvalue weighted by Crippen LogP contribution is -2.35. The second kappa shape index (κ2) is 8.05. The Labute approximate surface area is 167 Å². The Hall–Kier alpha value is -2.82. The van der Waals surface area contributed by atoms with Gasteiger partial charge in [-0.2, -0.15) is 0 Å². The summed E-state index contributed by atoms with van der Waals surface area (Å²) in [6, 6.07) is 13.5. The predicted octanol–water partition coefficient (Wildman–Crippen LogP) is 4.92. The third kappa shape index (κ3) is 4.71. The minimum absolute atomic E-state index is 0.0803. The van der Waals surface area contributed by atoms with Gasteiger partial charge in [0.15, 0.2) is 0 Å². The Morgan fingerprint density at radius 3 is 2.25 bits per heavy atom. The number of amides is 3. The summed E-state index contributed by atoms with van der Waals surface area (Å²) < 4.78 is 0. The Balaban J connectivity index is 1.64. The van der Waals surface area contributed by atoms with Gasteiger partial charge in [0, 0.05) is 30.9 Å². The number of hydrogen-bond acceptors (Lipinski definition) is 2. The number of anilines is 2. The second-order valence-electron chi connectivity index (χ2n) is 8.31. The van der Waals surface area contributed by atoms with Gasteiger partial charge >= 0.3 is 6.03 Å². The summed E-state index contributed by atoms with van der Waals surface area (Å²) in [5.41, 5.74) is 5.12. The first-order valence-electron chi connectivity index (χ1n) is 9.84. The van der Waals surface area contributed by atoms with E-state index in [2.05, 4.69) is 31.4 Å². The average molecular weight is 380 g/mol. The van der Waals surface area contributed by atoms with Crippen molar-refractivity contribution < 1.29 is 9.59 Å². The quantitative estimate of drug-likeness (QED) is 0.795. The minimum Gasteiger partial charge on any atom is -0.338 e. The summed E-state index contributed by atoms with van der Waals surface area (Å²) in [5, 5.41) is 5.76.